The number of hydrogen-bond donors (Lipinski definition) is 1. The van der Waals surface area contributed by atoms with Gasteiger partial charge in [-0.2, -0.15) is 0 Å². The molecule has 0 saturated carbocycles. The van der Waals surface area contributed by atoms with Crippen LogP contribution in [0.1, 0.15) is 11.1 Å². The van der Waals surface area contributed by atoms with Gasteiger partial charge in [0.05, 0.1) is 9.90 Å². The summed E-state index contributed by atoms with van der Waals surface area (Å²) < 4.78 is 0. The van der Waals surface area contributed by atoms with Crippen molar-refractivity contribution in [3.63, 3.8) is 0 Å². The van der Waals surface area contributed by atoms with Gasteiger partial charge in [0.2, 0.25) is 0 Å². The molecule has 1 aromatic rings. The Morgan fingerprint density at radius 1 is 1.31 bits per heavy atom. The van der Waals surface area contributed by atoms with Crippen LogP contribution in [0.15, 0.2) is 35.1 Å². The highest BCUT2D eigenvalue weighted by Crippen LogP contribution is 2.27. The van der Waals surface area contributed by atoms with Crippen molar-refractivity contribution < 1.29 is 5.11 Å². The number of rotatable bonds is 0. The van der Waals surface area contributed by atoms with Crippen molar-refractivity contribution >= 4 is 28.7 Å². The van der Waals surface area contributed by atoms with Gasteiger partial charge in [0.15, 0.2) is 0 Å². The number of aliphatic hydroxyl groups excluding tert-OH is 1. The minimum Gasteiger partial charge on any atom is -0.510 e. The first-order chi connectivity index (χ1) is 6.20. The van der Waals surface area contributed by atoms with Crippen molar-refractivity contribution in [1.82, 2.24) is 0 Å². The highest BCUT2D eigenvalue weighted by atomic mass is 35.5. The zero-order chi connectivity index (χ0) is 9.42. The smallest absolute Gasteiger partial charge is 0.117 e. The second-order valence-corrected chi connectivity index (χ2v) is 3.71. The summed E-state index contributed by atoms with van der Waals surface area (Å²) in [6.45, 7) is 0. The van der Waals surface area contributed by atoms with Crippen LogP contribution in [-0.4, -0.2) is 9.97 Å². The quantitative estimate of drug-likeness (QED) is 0.665. The van der Waals surface area contributed by atoms with Gasteiger partial charge in [-0.3, -0.25) is 0 Å². The maximum Gasteiger partial charge on any atom is 0.117 e. The molecule has 0 radical (unpaired) electrons. The fraction of sp³-hybridized carbons (Fsp3) is 0.100. The Hall–Kier alpha value is -0.860. The molecule has 0 aliphatic heterocycles. The Morgan fingerprint density at radius 2 is 2.00 bits per heavy atom. The molecule has 0 atom stereocenters. The van der Waals surface area contributed by atoms with E-state index in [4.69, 9.17) is 23.8 Å². The molecule has 0 bridgehead atoms. The van der Waals surface area contributed by atoms with Gasteiger partial charge in [-0.15, -0.1) is 0 Å². The van der Waals surface area contributed by atoms with Gasteiger partial charge in [-0.1, -0.05) is 48.1 Å². The molecule has 1 N–H and O–H groups in total. The number of aliphatic hydroxyl groups is 1. The van der Waals surface area contributed by atoms with Crippen LogP contribution in [0.25, 0.3) is 0 Å². The van der Waals surface area contributed by atoms with Gasteiger partial charge < -0.3 is 5.11 Å². The Bertz CT molecular complexity index is 409. The first kappa shape index (κ1) is 8.73. The SMILES string of the molecule is OC1=C(Cl)C(=S)c2ccccc2C1. The monoisotopic (exact) mass is 210 g/mol. The predicted molar refractivity (Wildman–Crippen MR) is 57.4 cm³/mol. The molecule has 1 aromatic carbocycles. The Kier molecular flexibility index (Phi) is 2.10. The molecule has 0 unspecified atom stereocenters. The summed E-state index contributed by atoms with van der Waals surface area (Å²) in [5.74, 6) is 0.172. The molecule has 1 aliphatic carbocycles. The van der Waals surface area contributed by atoms with Gasteiger partial charge in [-0.05, 0) is 11.1 Å². The van der Waals surface area contributed by atoms with E-state index in [9.17, 15) is 5.11 Å². The molecule has 13 heavy (non-hydrogen) atoms. The van der Waals surface area contributed by atoms with Crippen LogP contribution in [0, 0.1) is 0 Å². The topological polar surface area (TPSA) is 20.2 Å². The van der Waals surface area contributed by atoms with E-state index in [1.807, 2.05) is 24.3 Å². The molecular weight excluding hydrogens is 204 g/mol. The van der Waals surface area contributed by atoms with Gasteiger partial charge in [-0.25, -0.2) is 0 Å². The number of fused-ring (bicyclic) bond motifs is 1. The van der Waals surface area contributed by atoms with E-state index < -0.39 is 0 Å². The highest BCUT2D eigenvalue weighted by Gasteiger charge is 2.20. The summed E-state index contributed by atoms with van der Waals surface area (Å²) in [5.41, 5.74) is 2.00. The molecular formula is C10H7ClOS. The molecule has 0 spiro atoms. The summed E-state index contributed by atoms with van der Waals surface area (Å²) in [7, 11) is 0. The van der Waals surface area contributed by atoms with E-state index in [1.165, 1.54) is 0 Å². The lowest BCUT2D eigenvalue weighted by Crippen LogP contribution is -2.12. The van der Waals surface area contributed by atoms with Gasteiger partial charge in [0, 0.05) is 6.42 Å². The third-order valence-electron chi connectivity index (χ3n) is 2.07. The summed E-state index contributed by atoms with van der Waals surface area (Å²) in [4.78, 5) is 0.543. The molecule has 2 rings (SSSR count). The molecule has 66 valence electrons. The maximum absolute atomic E-state index is 9.46. The van der Waals surface area contributed by atoms with E-state index in [1.54, 1.807) is 0 Å². The maximum atomic E-state index is 9.46. The summed E-state index contributed by atoms with van der Waals surface area (Å²) in [5, 5.41) is 9.77. The molecule has 0 aromatic heterocycles. The number of benzene rings is 1. The number of halogens is 1. The molecule has 0 heterocycles. The van der Waals surface area contributed by atoms with Crippen LogP contribution >= 0.6 is 23.8 Å². The van der Waals surface area contributed by atoms with Crippen molar-refractivity contribution in [1.29, 1.82) is 0 Å². The van der Waals surface area contributed by atoms with Crippen molar-refractivity contribution in [3.05, 3.63) is 46.2 Å². The standard InChI is InChI=1S/C10H7ClOS/c11-9-8(12)5-6-3-1-2-4-7(6)10(9)13/h1-4,12H,5H2. The normalized spacial score (nSPS) is 15.9. The predicted octanol–water partition coefficient (Wildman–Crippen LogP) is 2.97. The fourth-order valence-corrected chi connectivity index (χ4v) is 1.89. The molecule has 0 amide bonds. The molecule has 1 nitrogen and oxygen atoms in total. The largest absolute Gasteiger partial charge is 0.510 e. The summed E-state index contributed by atoms with van der Waals surface area (Å²) >= 11 is 10.9. The van der Waals surface area contributed by atoms with E-state index in [2.05, 4.69) is 0 Å². The Balaban J connectivity index is 2.59. The van der Waals surface area contributed by atoms with Crippen LogP contribution in [-0.2, 0) is 6.42 Å². The second kappa shape index (κ2) is 3.13. The third kappa shape index (κ3) is 1.36. The average Bonchev–Trinajstić information content (AvgIpc) is 2.15. The molecule has 0 saturated heterocycles. The van der Waals surface area contributed by atoms with Gasteiger partial charge >= 0.3 is 0 Å². The minimum absolute atomic E-state index is 0.172. The van der Waals surface area contributed by atoms with Crippen LogP contribution in [0.5, 0.6) is 0 Å². The zero-order valence-electron chi connectivity index (χ0n) is 6.75. The first-order valence-corrected chi connectivity index (χ1v) is 4.69. The van der Waals surface area contributed by atoms with E-state index in [0.29, 0.717) is 16.3 Å². The number of hydrogen-bond acceptors (Lipinski definition) is 2. The van der Waals surface area contributed by atoms with Crippen LogP contribution in [0.3, 0.4) is 0 Å². The lowest BCUT2D eigenvalue weighted by molar-refractivity contribution is 0.397. The lowest BCUT2D eigenvalue weighted by Gasteiger charge is -2.16. The molecule has 0 fully saturated rings. The zero-order valence-corrected chi connectivity index (χ0v) is 8.32. The van der Waals surface area contributed by atoms with E-state index in [-0.39, 0.29) is 5.76 Å². The van der Waals surface area contributed by atoms with E-state index >= 15 is 0 Å². The van der Waals surface area contributed by atoms with Crippen LogP contribution in [0.4, 0.5) is 0 Å². The third-order valence-corrected chi connectivity index (χ3v) is 3.02. The van der Waals surface area contributed by atoms with Gasteiger partial charge in [0.25, 0.3) is 0 Å². The second-order valence-electron chi connectivity index (χ2n) is 2.92. The number of thiocarbonyl (C=S) groups is 1. The average molecular weight is 211 g/mol. The van der Waals surface area contributed by atoms with E-state index in [0.717, 1.165) is 11.1 Å². The van der Waals surface area contributed by atoms with Crippen molar-refractivity contribution in [2.75, 3.05) is 0 Å². The minimum atomic E-state index is 0.172. The van der Waals surface area contributed by atoms with Crippen LogP contribution in [0.2, 0.25) is 0 Å². The number of allylic oxidation sites excluding steroid dienone is 2. The highest BCUT2D eigenvalue weighted by molar-refractivity contribution is 7.81. The van der Waals surface area contributed by atoms with Crippen molar-refractivity contribution in [2.24, 2.45) is 0 Å². The summed E-state index contributed by atoms with van der Waals surface area (Å²) in [6, 6.07) is 7.71. The molecule has 1 aliphatic rings. The fourth-order valence-electron chi connectivity index (χ4n) is 1.40. The van der Waals surface area contributed by atoms with Crippen molar-refractivity contribution in [3.8, 4) is 0 Å². The summed E-state index contributed by atoms with van der Waals surface area (Å²) in [6.07, 6.45) is 0.481. The lowest BCUT2D eigenvalue weighted by atomic mass is 9.95. The molecule has 3 heteroatoms. The van der Waals surface area contributed by atoms with Gasteiger partial charge in [0.1, 0.15) is 5.76 Å². The Morgan fingerprint density at radius 3 is 2.77 bits per heavy atom. The van der Waals surface area contributed by atoms with Crippen molar-refractivity contribution in [2.45, 2.75) is 6.42 Å². The van der Waals surface area contributed by atoms with Crippen LogP contribution < -0.4 is 0 Å². The Labute approximate surface area is 86.7 Å². The first-order valence-electron chi connectivity index (χ1n) is 3.90.